The molecule has 0 amide bonds. The van der Waals surface area contributed by atoms with Gasteiger partial charge in [0.15, 0.2) is 11.2 Å². The van der Waals surface area contributed by atoms with Crippen molar-refractivity contribution in [3.05, 3.63) is 57.5 Å². The number of sulfonamides is 1. The molecule has 2 heterocycles. The summed E-state index contributed by atoms with van der Waals surface area (Å²) in [6.45, 7) is 0. The van der Waals surface area contributed by atoms with E-state index in [4.69, 9.17) is 8.83 Å². The van der Waals surface area contributed by atoms with Crippen LogP contribution in [0.5, 0.6) is 0 Å². The van der Waals surface area contributed by atoms with E-state index in [-0.39, 0.29) is 21.7 Å². The Morgan fingerprint density at radius 1 is 1.04 bits per heavy atom. The maximum absolute atomic E-state index is 12.5. The Morgan fingerprint density at radius 3 is 2.64 bits per heavy atom. The molecule has 0 bridgehead atoms. The minimum Gasteiger partial charge on any atom is -0.408 e. The quantitative estimate of drug-likeness (QED) is 0.567. The molecule has 2 aromatic carbocycles. The first-order chi connectivity index (χ1) is 11.8. The molecular weight excluding hydrogens is 350 g/mol. The summed E-state index contributed by atoms with van der Waals surface area (Å²) in [5.41, 5.74) is 1.57. The van der Waals surface area contributed by atoms with Gasteiger partial charge in [-0.15, -0.1) is 0 Å². The van der Waals surface area contributed by atoms with E-state index in [9.17, 15) is 18.0 Å². The maximum Gasteiger partial charge on any atom is 0.419 e. The molecular formula is C15H11N3O6S. The van der Waals surface area contributed by atoms with Gasteiger partial charge in [-0.25, -0.2) is 18.0 Å². The van der Waals surface area contributed by atoms with Gasteiger partial charge in [0.2, 0.25) is 0 Å². The molecule has 128 valence electrons. The van der Waals surface area contributed by atoms with Crippen molar-refractivity contribution in [1.29, 1.82) is 0 Å². The molecule has 0 fully saturated rings. The Labute approximate surface area is 139 Å². The number of fused-ring (bicyclic) bond motifs is 2. The van der Waals surface area contributed by atoms with Crippen molar-refractivity contribution in [2.45, 2.75) is 4.90 Å². The summed E-state index contributed by atoms with van der Waals surface area (Å²) in [5, 5.41) is 0. The molecule has 0 saturated heterocycles. The van der Waals surface area contributed by atoms with E-state index in [1.54, 1.807) is 0 Å². The largest absolute Gasteiger partial charge is 0.419 e. The van der Waals surface area contributed by atoms with Crippen LogP contribution in [0.2, 0.25) is 0 Å². The Balaban J connectivity index is 1.75. The normalized spacial score (nSPS) is 12.0. The summed E-state index contributed by atoms with van der Waals surface area (Å²) in [6.07, 6.45) is 0. The van der Waals surface area contributed by atoms with Crippen LogP contribution >= 0.6 is 0 Å². The van der Waals surface area contributed by atoms with Gasteiger partial charge >= 0.3 is 11.5 Å². The second kappa shape index (κ2) is 5.11. The maximum atomic E-state index is 12.5. The van der Waals surface area contributed by atoms with Crippen LogP contribution in [0.3, 0.4) is 0 Å². The van der Waals surface area contributed by atoms with Crippen LogP contribution in [-0.2, 0) is 17.1 Å². The summed E-state index contributed by atoms with van der Waals surface area (Å²) in [5.74, 6) is -1.20. The number of rotatable bonds is 3. The second-order valence-electron chi connectivity index (χ2n) is 5.39. The molecule has 9 nitrogen and oxygen atoms in total. The molecule has 0 atom stereocenters. The fourth-order valence-electron chi connectivity index (χ4n) is 2.50. The van der Waals surface area contributed by atoms with Gasteiger partial charge in [-0.1, -0.05) is 0 Å². The lowest BCUT2D eigenvalue weighted by Crippen LogP contribution is -2.12. The van der Waals surface area contributed by atoms with E-state index in [1.807, 2.05) is 0 Å². The van der Waals surface area contributed by atoms with E-state index in [2.05, 4.69) is 9.71 Å². The van der Waals surface area contributed by atoms with Crippen LogP contribution in [0.15, 0.2) is 59.7 Å². The smallest absolute Gasteiger partial charge is 0.408 e. The average Bonchev–Trinajstić information content (AvgIpc) is 3.05. The summed E-state index contributed by atoms with van der Waals surface area (Å²) in [4.78, 5) is 25.1. The zero-order valence-corrected chi connectivity index (χ0v) is 13.6. The molecule has 4 aromatic rings. The monoisotopic (exact) mass is 361 g/mol. The van der Waals surface area contributed by atoms with Crippen LogP contribution in [0.1, 0.15) is 0 Å². The van der Waals surface area contributed by atoms with Gasteiger partial charge in [0.1, 0.15) is 0 Å². The number of aryl methyl sites for hydroxylation is 1. The minimum absolute atomic E-state index is 0.0648. The third kappa shape index (κ3) is 2.52. The molecule has 25 heavy (non-hydrogen) atoms. The third-order valence-corrected chi connectivity index (χ3v) is 5.13. The number of nitrogens with zero attached hydrogens (tertiary/aromatic N) is 1. The average molecular weight is 361 g/mol. The zero-order valence-electron chi connectivity index (χ0n) is 12.8. The predicted octanol–water partition coefficient (Wildman–Crippen LogP) is 1.37. The highest BCUT2D eigenvalue weighted by Crippen LogP contribution is 2.22. The van der Waals surface area contributed by atoms with Gasteiger partial charge in [0.25, 0.3) is 10.0 Å². The van der Waals surface area contributed by atoms with Crippen LogP contribution in [0.4, 0.5) is 5.69 Å². The number of oxazole rings is 2. The number of hydrogen-bond donors (Lipinski definition) is 2. The Morgan fingerprint density at radius 2 is 1.84 bits per heavy atom. The fraction of sp³-hybridized carbons (Fsp3) is 0.0667. The van der Waals surface area contributed by atoms with Crippen molar-refractivity contribution in [1.82, 2.24) is 9.55 Å². The number of benzene rings is 2. The van der Waals surface area contributed by atoms with E-state index in [1.165, 1.54) is 48.0 Å². The van der Waals surface area contributed by atoms with Crippen LogP contribution in [0.25, 0.3) is 22.2 Å². The number of H-pyrrole nitrogens is 1. The van der Waals surface area contributed by atoms with Gasteiger partial charge in [0, 0.05) is 19.2 Å². The second-order valence-corrected chi connectivity index (χ2v) is 7.07. The first kappa shape index (κ1) is 15.3. The standard InChI is InChI=1S/C15H11N3O6S/c1-18-11-5-3-9(7-13(11)24-15(18)20)25(21,22)17-8-2-4-10-12(6-8)23-14(19)16-10/h2-7,17H,1H3,(H,16,19). The molecule has 0 aliphatic carbocycles. The topological polar surface area (TPSA) is 127 Å². The minimum atomic E-state index is -3.92. The van der Waals surface area contributed by atoms with Gasteiger partial charge in [-0.3, -0.25) is 14.3 Å². The van der Waals surface area contributed by atoms with Crippen molar-refractivity contribution >= 4 is 37.9 Å². The Bertz CT molecular complexity index is 1340. The fourth-order valence-corrected chi connectivity index (χ4v) is 3.57. The van der Waals surface area contributed by atoms with Gasteiger partial charge < -0.3 is 8.83 Å². The Hall–Kier alpha value is -3.27. The molecule has 0 spiro atoms. The molecule has 2 aromatic heterocycles. The van der Waals surface area contributed by atoms with Crippen molar-refractivity contribution in [3.8, 4) is 0 Å². The van der Waals surface area contributed by atoms with E-state index in [0.29, 0.717) is 11.0 Å². The van der Waals surface area contributed by atoms with Crippen molar-refractivity contribution in [2.75, 3.05) is 4.72 Å². The lowest BCUT2D eigenvalue weighted by molar-refractivity contribution is 0.527. The number of hydrogen-bond acceptors (Lipinski definition) is 6. The van der Waals surface area contributed by atoms with Crippen molar-refractivity contribution in [3.63, 3.8) is 0 Å². The summed E-state index contributed by atoms with van der Waals surface area (Å²) >= 11 is 0. The third-order valence-electron chi connectivity index (χ3n) is 3.75. The molecule has 10 heteroatoms. The summed E-state index contributed by atoms with van der Waals surface area (Å²) < 4.78 is 38.7. The highest BCUT2D eigenvalue weighted by Gasteiger charge is 2.17. The SMILES string of the molecule is Cn1c(=O)oc2cc(S(=O)(=O)Nc3ccc4[nH]c(=O)oc4c3)ccc21. The molecule has 0 aliphatic rings. The lowest BCUT2D eigenvalue weighted by atomic mass is 10.3. The van der Waals surface area contributed by atoms with Gasteiger partial charge in [-0.2, -0.15) is 0 Å². The first-order valence-electron chi connectivity index (χ1n) is 7.09. The highest BCUT2D eigenvalue weighted by molar-refractivity contribution is 7.92. The van der Waals surface area contributed by atoms with Crippen LogP contribution in [-0.4, -0.2) is 18.0 Å². The van der Waals surface area contributed by atoms with Gasteiger partial charge in [0.05, 0.1) is 21.6 Å². The molecule has 0 radical (unpaired) electrons. The zero-order chi connectivity index (χ0) is 17.8. The number of aromatic amines is 1. The van der Waals surface area contributed by atoms with Crippen molar-refractivity contribution in [2.24, 2.45) is 7.05 Å². The number of aromatic nitrogens is 2. The Kier molecular flexibility index (Phi) is 3.12. The van der Waals surface area contributed by atoms with Gasteiger partial charge in [-0.05, 0) is 24.3 Å². The summed E-state index contributed by atoms with van der Waals surface area (Å²) in [7, 11) is -2.39. The number of anilines is 1. The lowest BCUT2D eigenvalue weighted by Gasteiger charge is -2.07. The van der Waals surface area contributed by atoms with E-state index in [0.717, 1.165) is 0 Å². The highest BCUT2D eigenvalue weighted by atomic mass is 32.2. The summed E-state index contributed by atoms with van der Waals surface area (Å²) in [6, 6.07) is 8.54. The van der Waals surface area contributed by atoms with E-state index < -0.39 is 21.5 Å². The molecule has 4 rings (SSSR count). The van der Waals surface area contributed by atoms with Crippen molar-refractivity contribution < 1.29 is 17.3 Å². The molecule has 2 N–H and O–H groups in total. The molecule has 0 saturated carbocycles. The number of nitrogens with one attached hydrogen (secondary N) is 2. The van der Waals surface area contributed by atoms with Crippen LogP contribution < -0.4 is 16.2 Å². The predicted molar refractivity (Wildman–Crippen MR) is 89.1 cm³/mol. The molecule has 0 unspecified atom stereocenters. The first-order valence-corrected chi connectivity index (χ1v) is 8.57. The molecule has 0 aliphatic heterocycles. The van der Waals surface area contributed by atoms with Crippen LogP contribution in [0, 0.1) is 0 Å². The van der Waals surface area contributed by atoms with E-state index >= 15 is 0 Å².